The number of fused-ring (bicyclic) bond motifs is 2. The first-order valence-corrected chi connectivity index (χ1v) is 11.2. The Balaban J connectivity index is 1.40. The van der Waals surface area contributed by atoms with Crippen LogP contribution in [0.25, 0.3) is 22.4 Å². The van der Waals surface area contributed by atoms with Gasteiger partial charge in [0.2, 0.25) is 11.6 Å². The number of pyridine rings is 1. The van der Waals surface area contributed by atoms with Gasteiger partial charge in [0.05, 0.1) is 12.4 Å². The number of hydrogen-bond acceptors (Lipinski definition) is 6. The van der Waals surface area contributed by atoms with Crippen molar-refractivity contribution in [1.29, 1.82) is 0 Å². The number of aromatic nitrogens is 8. The minimum atomic E-state index is -2.00. The van der Waals surface area contributed by atoms with Gasteiger partial charge in [-0.1, -0.05) is 6.92 Å². The zero-order valence-corrected chi connectivity index (χ0v) is 18.7. The van der Waals surface area contributed by atoms with Gasteiger partial charge in [-0.2, -0.15) is 10.2 Å². The second-order valence-corrected chi connectivity index (χ2v) is 8.64. The normalized spacial score (nSPS) is 15.6. The Labute approximate surface area is 193 Å². The van der Waals surface area contributed by atoms with Crippen LogP contribution in [0.2, 0.25) is 0 Å². The number of hydrogen-bond donors (Lipinski definition) is 1. The lowest BCUT2D eigenvalue weighted by molar-refractivity contribution is -0.117. The minimum absolute atomic E-state index is 0.0450. The zero-order valence-electron chi connectivity index (χ0n) is 18.7. The smallest absolute Gasteiger partial charge is 0.228 e. The van der Waals surface area contributed by atoms with Crippen molar-refractivity contribution in [2.45, 2.75) is 31.9 Å². The van der Waals surface area contributed by atoms with E-state index in [9.17, 15) is 4.79 Å². The number of amides is 1. The van der Waals surface area contributed by atoms with E-state index in [1.165, 1.54) is 4.52 Å². The van der Waals surface area contributed by atoms with Gasteiger partial charge in [0.1, 0.15) is 5.69 Å². The standard InChI is InChI=1S/C23H22FN9O/c1-3-23(24,17-7-9-19-26-18(13-33(19)30-17)27-21(34)14-4-5-14)22-29-28-20-8-6-15(12-32(20)22)16-10-25-31(2)11-16/h6-14H,3-5H2,1-2H3,(H,27,34). The molecule has 1 fully saturated rings. The van der Waals surface area contributed by atoms with E-state index >= 15 is 4.39 Å². The summed E-state index contributed by atoms with van der Waals surface area (Å²) in [5.41, 5.74) is 1.01. The molecule has 1 atom stereocenters. The van der Waals surface area contributed by atoms with Gasteiger partial charge >= 0.3 is 0 Å². The molecular formula is C23H22FN9O. The van der Waals surface area contributed by atoms with E-state index in [0.29, 0.717) is 17.1 Å². The topological polar surface area (TPSA) is 107 Å². The first kappa shape index (κ1) is 20.5. The lowest BCUT2D eigenvalue weighted by Crippen LogP contribution is -2.26. The summed E-state index contributed by atoms with van der Waals surface area (Å²) in [6.45, 7) is 1.74. The average molecular weight is 459 g/mol. The number of carbonyl (C=O) groups excluding carboxylic acids is 1. The van der Waals surface area contributed by atoms with E-state index in [0.717, 1.165) is 24.0 Å². The zero-order chi connectivity index (χ0) is 23.4. The van der Waals surface area contributed by atoms with Crippen LogP contribution < -0.4 is 5.32 Å². The van der Waals surface area contributed by atoms with Crippen molar-refractivity contribution in [3.05, 3.63) is 60.6 Å². The number of imidazole rings is 1. The van der Waals surface area contributed by atoms with Crippen LogP contribution in [0.4, 0.5) is 10.2 Å². The van der Waals surface area contributed by atoms with Gasteiger partial charge in [-0.3, -0.25) is 13.9 Å². The Morgan fingerprint density at radius 3 is 2.68 bits per heavy atom. The lowest BCUT2D eigenvalue weighted by Gasteiger charge is -2.21. The number of anilines is 1. The van der Waals surface area contributed by atoms with Crippen LogP contribution >= 0.6 is 0 Å². The van der Waals surface area contributed by atoms with Crippen molar-refractivity contribution in [2.24, 2.45) is 13.0 Å². The molecule has 0 aliphatic heterocycles. The summed E-state index contributed by atoms with van der Waals surface area (Å²) in [4.78, 5) is 16.4. The number of nitrogens with zero attached hydrogens (tertiary/aromatic N) is 8. The maximum absolute atomic E-state index is 16.6. The maximum Gasteiger partial charge on any atom is 0.228 e. The van der Waals surface area contributed by atoms with Crippen molar-refractivity contribution < 1.29 is 9.18 Å². The number of rotatable bonds is 6. The third-order valence-corrected chi connectivity index (χ3v) is 6.21. The quantitative estimate of drug-likeness (QED) is 0.418. The summed E-state index contributed by atoms with van der Waals surface area (Å²) >= 11 is 0. The van der Waals surface area contributed by atoms with Crippen molar-refractivity contribution in [2.75, 3.05) is 5.32 Å². The Bertz CT molecular complexity index is 1550. The molecule has 11 heteroatoms. The van der Waals surface area contributed by atoms with Crippen LogP contribution in [0.3, 0.4) is 0 Å². The summed E-state index contributed by atoms with van der Waals surface area (Å²) in [7, 11) is 1.84. The van der Waals surface area contributed by atoms with E-state index in [4.69, 9.17) is 0 Å². The molecule has 10 nitrogen and oxygen atoms in total. The van der Waals surface area contributed by atoms with Crippen LogP contribution in [0.15, 0.2) is 49.1 Å². The largest absolute Gasteiger partial charge is 0.309 e. The predicted octanol–water partition coefficient (Wildman–Crippen LogP) is 3.14. The second-order valence-electron chi connectivity index (χ2n) is 8.64. The van der Waals surface area contributed by atoms with Crippen LogP contribution in [0, 0.1) is 5.92 Å². The van der Waals surface area contributed by atoms with Crippen molar-refractivity contribution in [3.8, 4) is 11.1 Å². The Morgan fingerprint density at radius 2 is 1.94 bits per heavy atom. The van der Waals surface area contributed by atoms with Gasteiger partial charge in [0, 0.05) is 36.5 Å². The molecular weight excluding hydrogens is 437 g/mol. The fourth-order valence-electron chi connectivity index (χ4n) is 4.08. The van der Waals surface area contributed by atoms with Gasteiger partial charge in [-0.25, -0.2) is 13.9 Å². The van der Waals surface area contributed by atoms with E-state index in [-0.39, 0.29) is 29.8 Å². The SMILES string of the molecule is CCC(F)(c1ccc2nc(NC(=O)C3CC3)cn2n1)c1nnc2ccc(-c3cnn(C)c3)cn12. The molecule has 1 aliphatic rings. The number of nitrogens with one attached hydrogen (secondary N) is 1. The lowest BCUT2D eigenvalue weighted by atomic mass is 9.97. The number of alkyl halides is 1. The third-order valence-electron chi connectivity index (χ3n) is 6.21. The highest BCUT2D eigenvalue weighted by molar-refractivity contribution is 5.93. The van der Waals surface area contributed by atoms with Crippen LogP contribution in [0.5, 0.6) is 0 Å². The van der Waals surface area contributed by atoms with E-state index < -0.39 is 5.67 Å². The highest BCUT2D eigenvalue weighted by atomic mass is 19.1. The van der Waals surface area contributed by atoms with E-state index in [1.54, 1.807) is 46.6 Å². The van der Waals surface area contributed by atoms with Crippen molar-refractivity contribution in [3.63, 3.8) is 0 Å². The van der Waals surface area contributed by atoms with Crippen LogP contribution in [0.1, 0.15) is 37.7 Å². The van der Waals surface area contributed by atoms with Gasteiger partial charge in [-0.15, -0.1) is 10.2 Å². The molecule has 0 bridgehead atoms. The van der Waals surface area contributed by atoms with Crippen LogP contribution in [-0.4, -0.2) is 44.9 Å². The first-order valence-electron chi connectivity index (χ1n) is 11.2. The number of halogens is 1. The van der Waals surface area contributed by atoms with Gasteiger partial charge < -0.3 is 5.32 Å². The van der Waals surface area contributed by atoms with Crippen molar-refractivity contribution in [1.82, 2.24) is 39.0 Å². The Morgan fingerprint density at radius 1 is 1.12 bits per heavy atom. The van der Waals surface area contributed by atoms with E-state index in [2.05, 4.69) is 30.7 Å². The predicted molar refractivity (Wildman–Crippen MR) is 122 cm³/mol. The molecule has 1 saturated carbocycles. The molecule has 1 aliphatic carbocycles. The number of carbonyl (C=O) groups is 1. The summed E-state index contributed by atoms with van der Waals surface area (Å²) in [6.07, 6.45) is 8.95. The van der Waals surface area contributed by atoms with Gasteiger partial charge in [0.15, 0.2) is 22.9 Å². The average Bonchev–Trinajstić information content (AvgIpc) is 3.27. The molecule has 5 heterocycles. The minimum Gasteiger partial charge on any atom is -0.309 e. The molecule has 1 unspecified atom stereocenters. The molecule has 5 aromatic heterocycles. The van der Waals surface area contributed by atoms with E-state index in [1.807, 2.05) is 25.5 Å². The molecule has 0 radical (unpaired) electrons. The first-order chi connectivity index (χ1) is 16.4. The summed E-state index contributed by atoms with van der Waals surface area (Å²) in [5, 5.41) is 19.9. The molecule has 0 spiro atoms. The molecule has 34 heavy (non-hydrogen) atoms. The third kappa shape index (κ3) is 3.31. The summed E-state index contributed by atoms with van der Waals surface area (Å²) in [5.74, 6) is 0.558. The fraction of sp³-hybridized carbons (Fsp3) is 0.304. The summed E-state index contributed by atoms with van der Waals surface area (Å²) in [6, 6.07) is 6.99. The molecule has 6 rings (SSSR count). The number of aryl methyl sites for hydroxylation is 1. The van der Waals surface area contributed by atoms with Gasteiger partial charge in [0.25, 0.3) is 0 Å². The maximum atomic E-state index is 16.6. The highest BCUT2D eigenvalue weighted by Gasteiger charge is 2.39. The second kappa shape index (κ2) is 7.44. The molecule has 1 N–H and O–H groups in total. The Kier molecular flexibility index (Phi) is 4.48. The van der Waals surface area contributed by atoms with Crippen LogP contribution in [-0.2, 0) is 17.5 Å². The fourth-order valence-corrected chi connectivity index (χ4v) is 4.08. The van der Waals surface area contributed by atoms with Crippen molar-refractivity contribution >= 4 is 23.0 Å². The molecule has 172 valence electrons. The molecule has 0 aromatic carbocycles. The molecule has 5 aromatic rings. The molecule has 0 saturated heterocycles. The van der Waals surface area contributed by atoms with Gasteiger partial charge in [-0.05, 0) is 43.5 Å². The monoisotopic (exact) mass is 459 g/mol. The Hall–Kier alpha value is -4.15. The summed E-state index contributed by atoms with van der Waals surface area (Å²) < 4.78 is 21.5. The molecule has 1 amide bonds. The highest BCUT2D eigenvalue weighted by Crippen LogP contribution is 2.36.